The van der Waals surface area contributed by atoms with Crippen LogP contribution < -0.4 is 5.32 Å². The number of anilines is 1. The smallest absolute Gasteiger partial charge is 0.183 e. The molecule has 1 heterocycles. The molecule has 1 N–H and O–H groups in total. The molecule has 4 heteroatoms. The number of nitrogens with one attached hydrogen (secondary N) is 1. The van der Waals surface area contributed by atoms with Gasteiger partial charge in [-0.2, -0.15) is 0 Å². The molecule has 16 heavy (non-hydrogen) atoms. The third-order valence-electron chi connectivity index (χ3n) is 3.47. The molecule has 1 aliphatic carbocycles. The lowest BCUT2D eigenvalue weighted by Gasteiger charge is -2.36. The zero-order valence-corrected chi connectivity index (χ0v) is 11.5. The quantitative estimate of drug-likeness (QED) is 0.826. The third-order valence-corrected chi connectivity index (χ3v) is 4.97. The van der Waals surface area contributed by atoms with Crippen LogP contribution in [0, 0.1) is 13.8 Å². The van der Waals surface area contributed by atoms with Gasteiger partial charge in [0.15, 0.2) is 5.13 Å². The number of aromatic nitrogens is 1. The van der Waals surface area contributed by atoms with Crippen molar-refractivity contribution >= 4 is 28.1 Å². The predicted molar refractivity (Wildman–Crippen MR) is 71.7 cm³/mol. The van der Waals surface area contributed by atoms with E-state index in [0.29, 0.717) is 5.88 Å². The minimum Gasteiger partial charge on any atom is -0.355 e. The zero-order valence-electron chi connectivity index (χ0n) is 9.98. The molecule has 0 bridgehead atoms. The number of thiazole rings is 1. The minimum absolute atomic E-state index is 0.0938. The Labute approximate surface area is 106 Å². The van der Waals surface area contributed by atoms with Crippen molar-refractivity contribution in [3.63, 3.8) is 0 Å². The normalized spacial score (nSPS) is 19.7. The van der Waals surface area contributed by atoms with E-state index in [1.165, 1.54) is 37.0 Å². The maximum Gasteiger partial charge on any atom is 0.183 e. The van der Waals surface area contributed by atoms with Gasteiger partial charge < -0.3 is 5.32 Å². The SMILES string of the molecule is Cc1nc(NC2(CCl)CCCCC2)sc1C. The molecule has 1 aliphatic rings. The summed E-state index contributed by atoms with van der Waals surface area (Å²) in [6.45, 7) is 4.18. The van der Waals surface area contributed by atoms with Gasteiger partial charge in [0.1, 0.15) is 0 Å². The molecule has 0 radical (unpaired) electrons. The third kappa shape index (κ3) is 2.51. The van der Waals surface area contributed by atoms with Crippen LogP contribution in [0.3, 0.4) is 0 Å². The molecule has 0 unspecified atom stereocenters. The Kier molecular flexibility index (Phi) is 3.75. The van der Waals surface area contributed by atoms with E-state index in [1.807, 2.05) is 0 Å². The van der Waals surface area contributed by atoms with Crippen molar-refractivity contribution < 1.29 is 0 Å². The van der Waals surface area contributed by atoms with Gasteiger partial charge in [-0.1, -0.05) is 19.3 Å². The highest BCUT2D eigenvalue weighted by Gasteiger charge is 2.31. The summed E-state index contributed by atoms with van der Waals surface area (Å²) in [4.78, 5) is 5.84. The van der Waals surface area contributed by atoms with E-state index in [1.54, 1.807) is 11.3 Å². The van der Waals surface area contributed by atoms with E-state index in [9.17, 15) is 0 Å². The zero-order chi connectivity index (χ0) is 11.6. The molecule has 2 rings (SSSR count). The van der Waals surface area contributed by atoms with Gasteiger partial charge in [-0.25, -0.2) is 4.98 Å². The molecule has 0 atom stereocenters. The maximum atomic E-state index is 6.15. The number of hydrogen-bond donors (Lipinski definition) is 1. The monoisotopic (exact) mass is 258 g/mol. The summed E-state index contributed by atoms with van der Waals surface area (Å²) < 4.78 is 0. The average Bonchev–Trinajstić information content (AvgIpc) is 2.59. The van der Waals surface area contributed by atoms with Crippen LogP contribution in [0.2, 0.25) is 0 Å². The lowest BCUT2D eigenvalue weighted by atomic mass is 9.83. The van der Waals surface area contributed by atoms with E-state index in [4.69, 9.17) is 11.6 Å². The number of alkyl halides is 1. The summed E-state index contributed by atoms with van der Waals surface area (Å²) in [7, 11) is 0. The van der Waals surface area contributed by atoms with Crippen molar-refractivity contribution in [3.05, 3.63) is 10.6 Å². The Balaban J connectivity index is 2.11. The molecule has 1 aromatic rings. The Bertz CT molecular complexity index is 336. The van der Waals surface area contributed by atoms with Crippen molar-refractivity contribution in [2.24, 2.45) is 0 Å². The first-order chi connectivity index (χ1) is 7.65. The van der Waals surface area contributed by atoms with E-state index in [-0.39, 0.29) is 5.54 Å². The number of hydrogen-bond acceptors (Lipinski definition) is 3. The van der Waals surface area contributed by atoms with Crippen molar-refractivity contribution in [2.45, 2.75) is 51.5 Å². The number of aryl methyl sites for hydroxylation is 2. The van der Waals surface area contributed by atoms with E-state index in [2.05, 4.69) is 24.1 Å². The summed E-state index contributed by atoms with van der Waals surface area (Å²) in [5.41, 5.74) is 1.23. The highest BCUT2D eigenvalue weighted by Crippen LogP contribution is 2.34. The number of halogens is 1. The van der Waals surface area contributed by atoms with E-state index >= 15 is 0 Å². The fourth-order valence-electron chi connectivity index (χ4n) is 2.27. The minimum atomic E-state index is 0.0938. The first-order valence-electron chi connectivity index (χ1n) is 5.93. The van der Waals surface area contributed by atoms with Crippen LogP contribution in [0.15, 0.2) is 0 Å². The first kappa shape index (κ1) is 12.2. The second-order valence-corrected chi connectivity index (χ2v) is 6.23. The fraction of sp³-hybridized carbons (Fsp3) is 0.750. The standard InChI is InChI=1S/C12H19ClN2S/c1-9-10(2)16-11(14-9)15-12(8-13)6-4-3-5-7-12/h3-8H2,1-2H3,(H,14,15). The van der Waals surface area contributed by atoms with Crippen LogP contribution in [0.4, 0.5) is 5.13 Å². The topological polar surface area (TPSA) is 24.9 Å². The molecule has 1 saturated carbocycles. The van der Waals surface area contributed by atoms with Crippen LogP contribution in [0.5, 0.6) is 0 Å². The van der Waals surface area contributed by atoms with Crippen LogP contribution in [-0.4, -0.2) is 16.4 Å². The summed E-state index contributed by atoms with van der Waals surface area (Å²) in [6, 6.07) is 0. The number of rotatable bonds is 3. The van der Waals surface area contributed by atoms with Gasteiger partial charge in [-0.15, -0.1) is 22.9 Å². The molecule has 0 amide bonds. The van der Waals surface area contributed by atoms with Crippen LogP contribution >= 0.6 is 22.9 Å². The molecule has 0 aromatic carbocycles. The Morgan fingerprint density at radius 3 is 2.50 bits per heavy atom. The molecular formula is C12H19ClN2S. The summed E-state index contributed by atoms with van der Waals surface area (Å²) in [5.74, 6) is 0.685. The van der Waals surface area contributed by atoms with E-state index in [0.717, 1.165) is 10.8 Å². The molecule has 1 fully saturated rings. The van der Waals surface area contributed by atoms with Crippen LogP contribution in [0.25, 0.3) is 0 Å². The summed E-state index contributed by atoms with van der Waals surface area (Å²) in [5, 5.41) is 4.62. The Morgan fingerprint density at radius 2 is 2.00 bits per heavy atom. The largest absolute Gasteiger partial charge is 0.355 e. The van der Waals surface area contributed by atoms with E-state index < -0.39 is 0 Å². The average molecular weight is 259 g/mol. The Hall–Kier alpha value is -0.280. The molecule has 0 spiro atoms. The van der Waals surface area contributed by atoms with Gasteiger partial charge >= 0.3 is 0 Å². The molecule has 1 aromatic heterocycles. The molecule has 0 aliphatic heterocycles. The summed E-state index contributed by atoms with van der Waals surface area (Å²) >= 11 is 7.89. The second-order valence-electron chi connectivity index (χ2n) is 4.76. The van der Waals surface area contributed by atoms with Crippen LogP contribution in [0.1, 0.15) is 42.7 Å². The predicted octanol–water partition coefficient (Wildman–Crippen LogP) is 4.11. The van der Waals surface area contributed by atoms with Crippen molar-refractivity contribution in [1.29, 1.82) is 0 Å². The lowest BCUT2D eigenvalue weighted by Crippen LogP contribution is -2.42. The molecular weight excluding hydrogens is 240 g/mol. The molecule has 0 saturated heterocycles. The van der Waals surface area contributed by atoms with Crippen LogP contribution in [-0.2, 0) is 0 Å². The van der Waals surface area contributed by atoms with Crippen molar-refractivity contribution in [2.75, 3.05) is 11.2 Å². The second kappa shape index (κ2) is 4.92. The number of nitrogens with zero attached hydrogens (tertiary/aromatic N) is 1. The van der Waals surface area contributed by atoms with Gasteiger partial charge in [0, 0.05) is 10.8 Å². The fourth-order valence-corrected chi connectivity index (χ4v) is 3.54. The van der Waals surface area contributed by atoms with Gasteiger partial charge in [0.2, 0.25) is 0 Å². The highest BCUT2D eigenvalue weighted by molar-refractivity contribution is 7.15. The Morgan fingerprint density at radius 1 is 1.31 bits per heavy atom. The van der Waals surface area contributed by atoms with Crippen molar-refractivity contribution in [3.8, 4) is 0 Å². The van der Waals surface area contributed by atoms with Gasteiger partial charge in [0.05, 0.1) is 11.2 Å². The molecule has 2 nitrogen and oxygen atoms in total. The van der Waals surface area contributed by atoms with Gasteiger partial charge in [-0.3, -0.25) is 0 Å². The van der Waals surface area contributed by atoms with Crippen molar-refractivity contribution in [1.82, 2.24) is 4.98 Å². The highest BCUT2D eigenvalue weighted by atomic mass is 35.5. The lowest BCUT2D eigenvalue weighted by molar-refractivity contribution is 0.353. The first-order valence-corrected chi connectivity index (χ1v) is 7.28. The van der Waals surface area contributed by atoms with Gasteiger partial charge in [-0.05, 0) is 26.7 Å². The maximum absolute atomic E-state index is 6.15. The summed E-state index contributed by atoms with van der Waals surface area (Å²) in [6.07, 6.45) is 6.25. The molecule has 90 valence electrons. The van der Waals surface area contributed by atoms with Gasteiger partial charge in [0.25, 0.3) is 0 Å².